The highest BCUT2D eigenvalue weighted by Crippen LogP contribution is 2.62. The minimum Gasteiger partial charge on any atom is -0.0619 e. The van der Waals surface area contributed by atoms with Crippen molar-refractivity contribution in [2.75, 3.05) is 0 Å². The first kappa shape index (κ1) is 26.0. The summed E-state index contributed by atoms with van der Waals surface area (Å²) in [7, 11) is 0. The maximum atomic E-state index is 2.41. The molecule has 2 atom stereocenters. The van der Waals surface area contributed by atoms with Gasteiger partial charge in [0, 0.05) is 17.8 Å². The molecule has 0 saturated heterocycles. The molecule has 0 saturated carbocycles. The molecule has 0 N–H and O–H groups in total. The molecule has 0 heterocycles. The molecule has 0 spiro atoms. The lowest BCUT2D eigenvalue weighted by molar-refractivity contribution is 0.528. The minimum atomic E-state index is 0.129. The second-order valence-corrected chi connectivity index (χ2v) is 14.2. The summed E-state index contributed by atoms with van der Waals surface area (Å²) in [5.41, 5.74) is 15.8. The van der Waals surface area contributed by atoms with E-state index in [1.165, 1.54) is 61.2 Å². The van der Waals surface area contributed by atoms with Crippen molar-refractivity contribution in [1.29, 1.82) is 0 Å². The van der Waals surface area contributed by atoms with Crippen LogP contribution in [0.4, 0.5) is 0 Å². The Labute approximate surface area is 246 Å². The van der Waals surface area contributed by atoms with Crippen LogP contribution in [0.15, 0.2) is 115 Å². The molecule has 0 bridgehead atoms. The molecule has 5 aromatic carbocycles. The van der Waals surface area contributed by atoms with E-state index >= 15 is 0 Å². The van der Waals surface area contributed by atoms with Gasteiger partial charge >= 0.3 is 0 Å². The van der Waals surface area contributed by atoms with Crippen molar-refractivity contribution < 1.29 is 0 Å². The van der Waals surface area contributed by atoms with Crippen LogP contribution < -0.4 is 0 Å². The first-order chi connectivity index (χ1) is 19.6. The minimum absolute atomic E-state index is 0.129. The van der Waals surface area contributed by atoms with Gasteiger partial charge in [0.05, 0.1) is 0 Å². The van der Waals surface area contributed by atoms with E-state index in [0.29, 0.717) is 5.92 Å². The Hall–Kier alpha value is -3.90. The van der Waals surface area contributed by atoms with Gasteiger partial charge in [-0.3, -0.25) is 0 Å². The predicted octanol–water partition coefficient (Wildman–Crippen LogP) is 11.0. The zero-order chi connectivity index (χ0) is 28.5. The molecule has 0 fully saturated rings. The normalized spacial score (nSPS) is 19.2. The third-order valence-electron chi connectivity index (χ3n) is 9.60. The largest absolute Gasteiger partial charge is 0.0619 e. The molecule has 2 aliphatic rings. The van der Waals surface area contributed by atoms with E-state index in [1.54, 1.807) is 0 Å². The topological polar surface area (TPSA) is 0 Å². The Balaban J connectivity index is 1.51. The van der Waals surface area contributed by atoms with Gasteiger partial charge in [-0.25, -0.2) is 0 Å². The number of rotatable bonds is 2. The van der Waals surface area contributed by atoms with Gasteiger partial charge in [0.15, 0.2) is 0 Å². The van der Waals surface area contributed by atoms with Crippen LogP contribution in [0.2, 0.25) is 0 Å². The van der Waals surface area contributed by atoms with E-state index in [9.17, 15) is 0 Å². The molecule has 5 aromatic rings. The highest BCUT2D eigenvalue weighted by atomic mass is 14.5. The standard InChI is InChI=1S/C41H40/c1-40(2,3)28-22-18-26(19-23-28)36-32-14-9-7-12-30(32)34-16-11-17-35-31-13-8-10-15-33(31)37(39(36)38(34)35)27-20-24-29(25-21-27)41(4,5)6/h7-25,36-37,39H,1-6H3. The molecule has 204 valence electrons. The Morgan fingerprint density at radius 3 is 1.15 bits per heavy atom. The summed E-state index contributed by atoms with van der Waals surface area (Å²) in [6, 6.07) is 44.4. The molecule has 0 amide bonds. The average molecular weight is 533 g/mol. The van der Waals surface area contributed by atoms with Gasteiger partial charge in [0.2, 0.25) is 0 Å². The van der Waals surface area contributed by atoms with Gasteiger partial charge in [0.25, 0.3) is 0 Å². The summed E-state index contributed by atoms with van der Waals surface area (Å²) in [6.07, 6.45) is 0. The van der Waals surface area contributed by atoms with E-state index in [2.05, 4.69) is 157 Å². The van der Waals surface area contributed by atoms with Crippen LogP contribution in [0.3, 0.4) is 0 Å². The summed E-state index contributed by atoms with van der Waals surface area (Å²) < 4.78 is 0. The maximum Gasteiger partial charge on any atom is 0.0174 e. The first-order valence-electron chi connectivity index (χ1n) is 15.2. The third-order valence-corrected chi connectivity index (χ3v) is 9.60. The van der Waals surface area contributed by atoms with Crippen molar-refractivity contribution in [1.82, 2.24) is 0 Å². The molecule has 0 aliphatic heterocycles. The van der Waals surface area contributed by atoms with Crippen molar-refractivity contribution in [3.8, 4) is 22.3 Å². The van der Waals surface area contributed by atoms with Crippen LogP contribution in [-0.2, 0) is 10.8 Å². The fourth-order valence-corrected chi connectivity index (χ4v) is 7.49. The zero-order valence-electron chi connectivity index (χ0n) is 25.2. The SMILES string of the molecule is CC(C)(C)c1ccc(C2c3ccccc3-c3cccc4c3C2C(c2ccc(C(C)(C)C)cc2)c2ccccc2-4)cc1. The Bertz CT molecular complexity index is 1610. The molecule has 0 nitrogen and oxygen atoms in total. The van der Waals surface area contributed by atoms with E-state index in [0.717, 1.165) is 0 Å². The molecule has 0 radical (unpaired) electrons. The summed E-state index contributed by atoms with van der Waals surface area (Å²) in [5.74, 6) is 0.816. The molecule has 0 heteroatoms. The first-order valence-corrected chi connectivity index (χ1v) is 15.2. The van der Waals surface area contributed by atoms with E-state index in [-0.39, 0.29) is 22.7 Å². The van der Waals surface area contributed by atoms with Crippen molar-refractivity contribution in [2.45, 2.75) is 70.1 Å². The Morgan fingerprint density at radius 2 is 0.756 bits per heavy atom. The zero-order valence-corrected chi connectivity index (χ0v) is 25.2. The third kappa shape index (κ3) is 4.19. The smallest absolute Gasteiger partial charge is 0.0174 e. The molecule has 7 rings (SSSR count). The van der Waals surface area contributed by atoms with E-state index < -0.39 is 0 Å². The van der Waals surface area contributed by atoms with Crippen molar-refractivity contribution >= 4 is 0 Å². The molecule has 2 aliphatic carbocycles. The second-order valence-electron chi connectivity index (χ2n) is 14.2. The molecular weight excluding hydrogens is 492 g/mol. The molecule has 0 aromatic heterocycles. The number of fused-ring (bicyclic) bond motifs is 4. The van der Waals surface area contributed by atoms with Gasteiger partial charge in [-0.15, -0.1) is 0 Å². The highest BCUT2D eigenvalue weighted by Gasteiger charge is 2.45. The van der Waals surface area contributed by atoms with Crippen molar-refractivity contribution in [3.63, 3.8) is 0 Å². The Kier molecular flexibility index (Phi) is 5.91. The van der Waals surface area contributed by atoms with Crippen LogP contribution >= 0.6 is 0 Å². The van der Waals surface area contributed by atoms with E-state index in [1.807, 2.05) is 0 Å². The van der Waals surface area contributed by atoms with Crippen LogP contribution in [-0.4, -0.2) is 0 Å². The van der Waals surface area contributed by atoms with Gasteiger partial charge in [-0.2, -0.15) is 0 Å². The van der Waals surface area contributed by atoms with Crippen LogP contribution in [0, 0.1) is 0 Å². The predicted molar refractivity (Wildman–Crippen MR) is 174 cm³/mol. The van der Waals surface area contributed by atoms with Gasteiger partial charge in [-0.1, -0.05) is 157 Å². The average Bonchev–Trinajstić information content (AvgIpc) is 2.97. The molecule has 2 unspecified atom stereocenters. The van der Waals surface area contributed by atoms with Gasteiger partial charge in [-0.05, 0) is 72.0 Å². The summed E-state index contributed by atoms with van der Waals surface area (Å²) in [4.78, 5) is 0. The quantitative estimate of drug-likeness (QED) is 0.212. The molecule has 41 heavy (non-hydrogen) atoms. The lowest BCUT2D eigenvalue weighted by Crippen LogP contribution is -2.29. The maximum absolute atomic E-state index is 2.41. The van der Waals surface area contributed by atoms with E-state index in [4.69, 9.17) is 0 Å². The summed E-state index contributed by atoms with van der Waals surface area (Å²) in [5, 5.41) is 0. The molecular formula is C41H40. The van der Waals surface area contributed by atoms with Gasteiger partial charge < -0.3 is 0 Å². The van der Waals surface area contributed by atoms with Crippen LogP contribution in [0.5, 0.6) is 0 Å². The fourth-order valence-electron chi connectivity index (χ4n) is 7.49. The fraction of sp³-hybridized carbons (Fsp3) is 0.268. The number of hydrogen-bond donors (Lipinski definition) is 0. The van der Waals surface area contributed by atoms with Crippen molar-refractivity contribution in [3.05, 3.63) is 154 Å². The summed E-state index contributed by atoms with van der Waals surface area (Å²) >= 11 is 0. The highest BCUT2D eigenvalue weighted by molar-refractivity contribution is 5.88. The lowest BCUT2D eigenvalue weighted by Gasteiger charge is -2.45. The van der Waals surface area contributed by atoms with Gasteiger partial charge in [0.1, 0.15) is 0 Å². The number of hydrogen-bond acceptors (Lipinski definition) is 0. The monoisotopic (exact) mass is 532 g/mol. The number of benzene rings is 5. The van der Waals surface area contributed by atoms with Crippen molar-refractivity contribution in [2.24, 2.45) is 0 Å². The summed E-state index contributed by atoms with van der Waals surface area (Å²) in [6.45, 7) is 13.8. The Morgan fingerprint density at radius 1 is 0.390 bits per heavy atom. The van der Waals surface area contributed by atoms with Crippen LogP contribution in [0.25, 0.3) is 22.3 Å². The van der Waals surface area contributed by atoms with Crippen LogP contribution in [0.1, 0.15) is 98.2 Å². The lowest BCUT2D eigenvalue weighted by atomic mass is 9.57. The second kappa shape index (κ2) is 9.31.